The van der Waals surface area contributed by atoms with Crippen molar-refractivity contribution < 1.29 is 13.6 Å². The zero-order valence-electron chi connectivity index (χ0n) is 15.9. The van der Waals surface area contributed by atoms with Crippen molar-refractivity contribution in [2.24, 2.45) is 0 Å². The van der Waals surface area contributed by atoms with Gasteiger partial charge in [-0.05, 0) is 35.4 Å². The lowest BCUT2D eigenvalue weighted by Crippen LogP contribution is -2.06. The highest BCUT2D eigenvalue weighted by Crippen LogP contribution is 2.54. The SMILES string of the molecule is CCOP(=O)(Cc1ccccc1)Oc1c(C(C)C)cccc1C(C)C. The zero-order valence-corrected chi connectivity index (χ0v) is 16.8. The summed E-state index contributed by atoms with van der Waals surface area (Å²) in [4.78, 5) is 0. The van der Waals surface area contributed by atoms with Crippen molar-refractivity contribution in [2.45, 2.75) is 52.6 Å². The molecule has 0 fully saturated rings. The van der Waals surface area contributed by atoms with Crippen LogP contribution in [0.5, 0.6) is 5.75 Å². The molecule has 0 saturated carbocycles. The van der Waals surface area contributed by atoms with E-state index in [9.17, 15) is 4.57 Å². The van der Waals surface area contributed by atoms with Crippen LogP contribution in [-0.4, -0.2) is 6.61 Å². The van der Waals surface area contributed by atoms with Crippen molar-refractivity contribution in [3.05, 3.63) is 65.2 Å². The van der Waals surface area contributed by atoms with Gasteiger partial charge in [-0.2, -0.15) is 0 Å². The van der Waals surface area contributed by atoms with Crippen molar-refractivity contribution in [2.75, 3.05) is 6.61 Å². The van der Waals surface area contributed by atoms with Crippen LogP contribution in [0.2, 0.25) is 0 Å². The van der Waals surface area contributed by atoms with Gasteiger partial charge < -0.3 is 4.52 Å². The first-order valence-corrected chi connectivity index (χ1v) is 10.7. The smallest absolute Gasteiger partial charge is 0.383 e. The summed E-state index contributed by atoms with van der Waals surface area (Å²) >= 11 is 0. The first-order valence-electron chi connectivity index (χ1n) is 8.96. The second-order valence-electron chi connectivity index (χ2n) is 6.84. The van der Waals surface area contributed by atoms with Gasteiger partial charge in [0.2, 0.25) is 0 Å². The molecule has 1 atom stereocenters. The van der Waals surface area contributed by atoms with Gasteiger partial charge in [0.25, 0.3) is 0 Å². The standard InChI is InChI=1S/C21H29O3P/c1-6-23-25(22,15-18-11-8-7-9-12-18)24-21-19(16(2)3)13-10-14-20(21)17(4)5/h7-14,16-17H,6,15H2,1-5H3. The van der Waals surface area contributed by atoms with E-state index in [1.54, 1.807) is 0 Å². The van der Waals surface area contributed by atoms with E-state index >= 15 is 0 Å². The van der Waals surface area contributed by atoms with Gasteiger partial charge >= 0.3 is 7.60 Å². The number of rotatable bonds is 8. The summed E-state index contributed by atoms with van der Waals surface area (Å²) in [5.41, 5.74) is 3.09. The van der Waals surface area contributed by atoms with Gasteiger partial charge in [-0.25, -0.2) is 4.57 Å². The third-order valence-corrected chi connectivity index (χ3v) is 5.96. The lowest BCUT2D eigenvalue weighted by molar-refractivity contribution is 0.276. The van der Waals surface area contributed by atoms with E-state index in [0.717, 1.165) is 22.4 Å². The molecule has 0 saturated heterocycles. The molecule has 0 radical (unpaired) electrons. The third-order valence-electron chi connectivity index (χ3n) is 4.10. The fourth-order valence-electron chi connectivity index (χ4n) is 2.84. The first kappa shape index (κ1) is 19.8. The van der Waals surface area contributed by atoms with Crippen LogP contribution < -0.4 is 4.52 Å². The molecule has 4 heteroatoms. The highest BCUT2D eigenvalue weighted by Gasteiger charge is 2.29. The number of para-hydroxylation sites is 1. The van der Waals surface area contributed by atoms with Gasteiger partial charge in [0, 0.05) is 0 Å². The van der Waals surface area contributed by atoms with Crippen LogP contribution in [0.15, 0.2) is 48.5 Å². The summed E-state index contributed by atoms with van der Waals surface area (Å²) in [5.74, 6) is 1.28. The molecule has 0 bridgehead atoms. The average molecular weight is 360 g/mol. The van der Waals surface area contributed by atoms with E-state index in [2.05, 4.69) is 27.7 Å². The second kappa shape index (κ2) is 8.69. The van der Waals surface area contributed by atoms with Gasteiger partial charge in [-0.1, -0.05) is 76.2 Å². The van der Waals surface area contributed by atoms with Crippen molar-refractivity contribution in [1.82, 2.24) is 0 Å². The van der Waals surface area contributed by atoms with E-state index < -0.39 is 7.60 Å². The lowest BCUT2D eigenvalue weighted by atomic mass is 9.94. The minimum Gasteiger partial charge on any atom is -0.424 e. The Bertz CT molecular complexity index is 697. The molecule has 0 aromatic heterocycles. The molecule has 0 N–H and O–H groups in total. The van der Waals surface area contributed by atoms with Crippen LogP contribution in [0.3, 0.4) is 0 Å². The molecule has 25 heavy (non-hydrogen) atoms. The van der Waals surface area contributed by atoms with E-state index in [4.69, 9.17) is 9.05 Å². The molecular formula is C21H29O3P. The van der Waals surface area contributed by atoms with E-state index in [0.29, 0.717) is 6.61 Å². The van der Waals surface area contributed by atoms with Crippen LogP contribution in [0.4, 0.5) is 0 Å². The lowest BCUT2D eigenvalue weighted by Gasteiger charge is -2.25. The molecule has 2 rings (SSSR count). The van der Waals surface area contributed by atoms with Gasteiger partial charge in [0.1, 0.15) is 5.75 Å². The normalized spacial score (nSPS) is 13.9. The summed E-state index contributed by atoms with van der Waals surface area (Å²) < 4.78 is 25.3. The van der Waals surface area contributed by atoms with Crippen molar-refractivity contribution >= 4 is 7.60 Å². The summed E-state index contributed by atoms with van der Waals surface area (Å²) in [6, 6.07) is 15.9. The maximum Gasteiger partial charge on any atom is 0.383 e. The van der Waals surface area contributed by atoms with E-state index in [-0.39, 0.29) is 18.0 Å². The van der Waals surface area contributed by atoms with Crippen molar-refractivity contribution in [3.8, 4) is 5.75 Å². The summed E-state index contributed by atoms with van der Waals surface area (Å²) in [6.45, 7) is 10.7. The van der Waals surface area contributed by atoms with Gasteiger partial charge in [0.15, 0.2) is 0 Å². The molecule has 1 unspecified atom stereocenters. The predicted molar refractivity (Wildman–Crippen MR) is 105 cm³/mol. The maximum absolute atomic E-state index is 13.5. The largest absolute Gasteiger partial charge is 0.424 e. The van der Waals surface area contributed by atoms with Crippen LogP contribution >= 0.6 is 7.60 Å². The Morgan fingerprint density at radius 1 is 0.880 bits per heavy atom. The Kier molecular flexibility index (Phi) is 6.87. The topological polar surface area (TPSA) is 35.5 Å². The number of benzene rings is 2. The molecule has 2 aromatic rings. The molecule has 0 heterocycles. The Morgan fingerprint density at radius 2 is 1.44 bits per heavy atom. The highest BCUT2D eigenvalue weighted by atomic mass is 31.2. The number of hydrogen-bond acceptors (Lipinski definition) is 3. The van der Waals surface area contributed by atoms with Gasteiger partial charge in [-0.15, -0.1) is 0 Å². The van der Waals surface area contributed by atoms with Gasteiger partial charge in [0.05, 0.1) is 12.8 Å². The summed E-state index contributed by atoms with van der Waals surface area (Å²) in [7, 11) is -3.30. The monoisotopic (exact) mass is 360 g/mol. The Balaban J connectivity index is 2.44. The third kappa shape index (κ3) is 5.20. The van der Waals surface area contributed by atoms with Crippen molar-refractivity contribution in [1.29, 1.82) is 0 Å². The van der Waals surface area contributed by atoms with Crippen LogP contribution in [0, 0.1) is 0 Å². The minimum atomic E-state index is -3.30. The highest BCUT2D eigenvalue weighted by molar-refractivity contribution is 7.53. The summed E-state index contributed by atoms with van der Waals surface area (Å²) in [5, 5.41) is 0. The van der Waals surface area contributed by atoms with Crippen molar-refractivity contribution in [3.63, 3.8) is 0 Å². The maximum atomic E-state index is 13.5. The second-order valence-corrected chi connectivity index (χ2v) is 8.82. The molecule has 0 aliphatic carbocycles. The van der Waals surface area contributed by atoms with Gasteiger partial charge in [-0.3, -0.25) is 4.52 Å². The van der Waals surface area contributed by atoms with Crippen LogP contribution in [0.25, 0.3) is 0 Å². The van der Waals surface area contributed by atoms with Crippen LogP contribution in [-0.2, 0) is 15.3 Å². The molecule has 3 nitrogen and oxygen atoms in total. The molecule has 136 valence electrons. The minimum absolute atomic E-state index is 0.269. The quantitative estimate of drug-likeness (QED) is 0.489. The average Bonchev–Trinajstić information content (AvgIpc) is 2.55. The van der Waals surface area contributed by atoms with Crippen LogP contribution in [0.1, 0.15) is 63.1 Å². The Labute approximate surface area is 151 Å². The molecule has 2 aromatic carbocycles. The first-order chi connectivity index (χ1) is 11.9. The van der Waals surface area contributed by atoms with E-state index in [1.165, 1.54) is 0 Å². The summed E-state index contributed by atoms with van der Waals surface area (Å²) in [6.07, 6.45) is 0.269. The fraction of sp³-hybridized carbons (Fsp3) is 0.429. The fourth-order valence-corrected chi connectivity index (χ4v) is 4.58. The number of hydrogen-bond donors (Lipinski definition) is 0. The molecular weight excluding hydrogens is 331 g/mol. The van der Waals surface area contributed by atoms with E-state index in [1.807, 2.05) is 55.5 Å². The molecule has 0 amide bonds. The molecule has 0 spiro atoms. The Hall–Kier alpha value is -1.57. The zero-order chi connectivity index (χ0) is 18.4. The predicted octanol–water partition coefficient (Wildman–Crippen LogP) is 6.74. The Morgan fingerprint density at radius 3 is 1.92 bits per heavy atom. The molecule has 0 aliphatic rings. The molecule has 0 aliphatic heterocycles.